The van der Waals surface area contributed by atoms with Gasteiger partial charge in [-0.2, -0.15) is 0 Å². The van der Waals surface area contributed by atoms with E-state index in [2.05, 4.69) is 33.9 Å². The summed E-state index contributed by atoms with van der Waals surface area (Å²) in [5.74, 6) is -0.0648. The van der Waals surface area contributed by atoms with Crippen molar-refractivity contribution in [2.24, 2.45) is 11.3 Å². The molecule has 1 aromatic rings. The second kappa shape index (κ2) is 7.41. The van der Waals surface area contributed by atoms with Crippen LogP contribution in [0.25, 0.3) is 0 Å². The topological polar surface area (TPSA) is 62.2 Å². The number of amides is 1. The summed E-state index contributed by atoms with van der Waals surface area (Å²) in [5, 5.41) is 9.15. The Labute approximate surface area is 161 Å². The Balaban J connectivity index is 1.80. The fourth-order valence-corrected chi connectivity index (χ4v) is 4.31. The van der Waals surface area contributed by atoms with E-state index in [4.69, 9.17) is 14.3 Å². The molecular weight excluding hydrogens is 367 g/mol. The number of aliphatic hydroxyl groups is 1. The van der Waals surface area contributed by atoms with Gasteiger partial charge in [-0.3, -0.25) is 4.90 Å². The Bertz CT molecular complexity index is 709. The first-order chi connectivity index (χ1) is 12.6. The highest BCUT2D eigenvalue weighted by molar-refractivity contribution is 6.48. The molecule has 149 valence electrons. The molecule has 2 aliphatic heterocycles. The predicted molar refractivity (Wildman–Crippen MR) is 104 cm³/mol. The van der Waals surface area contributed by atoms with Crippen LogP contribution in [0.3, 0.4) is 0 Å². The van der Waals surface area contributed by atoms with Gasteiger partial charge in [0.15, 0.2) is 0 Å². The Morgan fingerprint density at radius 1 is 1.33 bits per heavy atom. The summed E-state index contributed by atoms with van der Waals surface area (Å²) in [4.78, 5) is 15.2. The first-order valence-corrected chi connectivity index (χ1v) is 11.6. The van der Waals surface area contributed by atoms with Crippen LogP contribution in [-0.4, -0.2) is 52.3 Å². The second-order valence-corrected chi connectivity index (χ2v) is 10.5. The van der Waals surface area contributed by atoms with E-state index in [0.29, 0.717) is 17.3 Å². The molecule has 3 unspecified atom stereocenters. The van der Waals surface area contributed by atoms with Gasteiger partial charge in [-0.05, 0) is 36.7 Å². The van der Waals surface area contributed by atoms with Crippen LogP contribution >= 0.6 is 0 Å². The summed E-state index contributed by atoms with van der Waals surface area (Å²) in [7, 11) is -0.933. The van der Waals surface area contributed by atoms with Gasteiger partial charge < -0.3 is 19.2 Å². The van der Waals surface area contributed by atoms with Gasteiger partial charge >= 0.3 is 6.09 Å². The third-order valence-corrected chi connectivity index (χ3v) is 5.86. The highest BCUT2D eigenvalue weighted by atomic mass is 28.3. The molecule has 8 heteroatoms. The number of rotatable bonds is 5. The molecule has 1 radical (unpaired) electrons. The summed E-state index contributed by atoms with van der Waals surface area (Å²) in [5.41, 5.74) is 0.991. The molecule has 1 aromatic carbocycles. The van der Waals surface area contributed by atoms with Gasteiger partial charge in [0, 0.05) is 12.5 Å². The number of anilines is 2. The number of nitrogens with zero attached hydrogens (tertiary/aromatic N) is 2. The molecule has 1 N–H and O–H groups in total. The zero-order valence-corrected chi connectivity index (χ0v) is 17.5. The van der Waals surface area contributed by atoms with Crippen molar-refractivity contribution >= 4 is 26.5 Å². The van der Waals surface area contributed by atoms with E-state index in [1.54, 1.807) is 12.1 Å². The standard InChI is InChI=1S/C19H28FN2O4Si/c1-19(2,3)14-10-22(17(14)26-27(4)5)16-7-6-12(8-15(16)20)21-9-13(11-23)25-18(21)24/h6-8,13-14,17,23H,9-11H2,1-5H3. The molecule has 0 aromatic heterocycles. The third-order valence-electron chi connectivity index (χ3n) is 5.14. The van der Waals surface area contributed by atoms with E-state index in [0.717, 1.165) is 6.54 Å². The van der Waals surface area contributed by atoms with E-state index in [1.807, 2.05) is 4.90 Å². The average Bonchev–Trinajstić information content (AvgIpc) is 2.93. The zero-order chi connectivity index (χ0) is 19.9. The van der Waals surface area contributed by atoms with Crippen molar-refractivity contribution in [1.82, 2.24) is 0 Å². The summed E-state index contributed by atoms with van der Waals surface area (Å²) in [6.07, 6.45) is -1.27. The molecule has 3 rings (SSSR count). The van der Waals surface area contributed by atoms with Crippen molar-refractivity contribution in [2.45, 2.75) is 46.2 Å². The number of cyclic esters (lactones) is 1. The maximum absolute atomic E-state index is 14.9. The predicted octanol–water partition coefficient (Wildman–Crippen LogP) is 3.22. The Hall–Kier alpha value is -1.64. The molecular formula is C19H28FN2O4Si. The fourth-order valence-electron chi connectivity index (χ4n) is 3.53. The van der Waals surface area contributed by atoms with Gasteiger partial charge in [-0.15, -0.1) is 0 Å². The van der Waals surface area contributed by atoms with E-state index in [-0.39, 0.29) is 24.8 Å². The lowest BCUT2D eigenvalue weighted by Crippen LogP contribution is -2.63. The number of carbonyl (C=O) groups excluding carboxylic acids is 1. The summed E-state index contributed by atoms with van der Waals surface area (Å²) >= 11 is 0. The molecule has 2 heterocycles. The molecule has 2 aliphatic rings. The van der Waals surface area contributed by atoms with Crippen molar-refractivity contribution in [2.75, 3.05) is 29.5 Å². The number of benzene rings is 1. The van der Waals surface area contributed by atoms with Gasteiger partial charge in [0.05, 0.1) is 24.5 Å². The molecule has 0 aliphatic carbocycles. The van der Waals surface area contributed by atoms with Crippen molar-refractivity contribution in [1.29, 1.82) is 0 Å². The number of hydrogen-bond donors (Lipinski definition) is 1. The molecule has 27 heavy (non-hydrogen) atoms. The molecule has 0 bridgehead atoms. The molecule has 1 amide bonds. The van der Waals surface area contributed by atoms with Crippen LogP contribution in [-0.2, 0) is 9.16 Å². The van der Waals surface area contributed by atoms with E-state index >= 15 is 0 Å². The number of halogens is 1. The van der Waals surface area contributed by atoms with Gasteiger partial charge in [0.25, 0.3) is 0 Å². The minimum Gasteiger partial charge on any atom is -0.441 e. The summed E-state index contributed by atoms with van der Waals surface area (Å²) < 4.78 is 26.1. The number of ether oxygens (including phenoxy) is 1. The largest absolute Gasteiger partial charge is 0.441 e. The smallest absolute Gasteiger partial charge is 0.414 e. The molecule has 0 saturated carbocycles. The second-order valence-electron chi connectivity index (χ2n) is 8.48. The third kappa shape index (κ3) is 3.97. The first-order valence-electron chi connectivity index (χ1n) is 9.24. The monoisotopic (exact) mass is 395 g/mol. The van der Waals surface area contributed by atoms with Gasteiger partial charge in [0.1, 0.15) is 18.1 Å². The Morgan fingerprint density at radius 2 is 2.04 bits per heavy atom. The lowest BCUT2D eigenvalue weighted by Gasteiger charge is -2.54. The van der Waals surface area contributed by atoms with Crippen LogP contribution in [0.1, 0.15) is 20.8 Å². The molecule has 6 nitrogen and oxygen atoms in total. The van der Waals surface area contributed by atoms with Crippen molar-refractivity contribution in [3.63, 3.8) is 0 Å². The fraction of sp³-hybridized carbons (Fsp3) is 0.632. The normalized spacial score (nSPS) is 25.8. The highest BCUT2D eigenvalue weighted by Gasteiger charge is 2.47. The first kappa shape index (κ1) is 20.1. The lowest BCUT2D eigenvalue weighted by atomic mass is 9.74. The minimum absolute atomic E-state index is 0.0769. The van der Waals surface area contributed by atoms with Crippen LogP contribution in [0.15, 0.2) is 18.2 Å². The zero-order valence-electron chi connectivity index (χ0n) is 16.5. The number of carbonyl (C=O) groups is 1. The summed E-state index contributed by atoms with van der Waals surface area (Å²) in [6, 6.07) is 4.75. The van der Waals surface area contributed by atoms with Gasteiger partial charge in [-0.25, -0.2) is 9.18 Å². The molecule has 2 saturated heterocycles. The molecule has 3 atom stereocenters. The number of aliphatic hydroxyl groups excluding tert-OH is 1. The van der Waals surface area contributed by atoms with Crippen molar-refractivity contribution in [3.05, 3.63) is 24.0 Å². The van der Waals surface area contributed by atoms with Crippen molar-refractivity contribution in [3.8, 4) is 0 Å². The van der Waals surface area contributed by atoms with Crippen LogP contribution in [0.5, 0.6) is 0 Å². The quantitative estimate of drug-likeness (QED) is 0.776. The number of hydrogen-bond acceptors (Lipinski definition) is 5. The van der Waals surface area contributed by atoms with Gasteiger partial charge in [0.2, 0.25) is 9.04 Å². The van der Waals surface area contributed by atoms with E-state index in [1.165, 1.54) is 11.0 Å². The SMILES string of the molecule is C[Si](C)OC1C(C(C)(C)C)CN1c1ccc(N2CC(CO)OC2=O)cc1F. The lowest BCUT2D eigenvalue weighted by molar-refractivity contribution is 0.00256. The van der Waals surface area contributed by atoms with Crippen LogP contribution < -0.4 is 9.80 Å². The average molecular weight is 396 g/mol. The maximum atomic E-state index is 14.9. The maximum Gasteiger partial charge on any atom is 0.414 e. The van der Waals surface area contributed by atoms with Crippen LogP contribution in [0.4, 0.5) is 20.6 Å². The molecule has 2 fully saturated rings. The highest BCUT2D eigenvalue weighted by Crippen LogP contribution is 2.43. The van der Waals surface area contributed by atoms with Crippen LogP contribution in [0, 0.1) is 17.2 Å². The van der Waals surface area contributed by atoms with E-state index < -0.39 is 27.1 Å². The van der Waals surface area contributed by atoms with Crippen LogP contribution in [0.2, 0.25) is 13.1 Å². The Morgan fingerprint density at radius 3 is 2.56 bits per heavy atom. The van der Waals surface area contributed by atoms with Crippen molar-refractivity contribution < 1.29 is 23.5 Å². The van der Waals surface area contributed by atoms with E-state index in [9.17, 15) is 9.18 Å². The molecule has 0 spiro atoms. The minimum atomic E-state index is -0.933. The van der Waals surface area contributed by atoms with Gasteiger partial charge in [-0.1, -0.05) is 20.8 Å². The Kier molecular flexibility index (Phi) is 5.51. The summed E-state index contributed by atoms with van der Waals surface area (Å²) in [6.45, 7) is 11.4.